The van der Waals surface area contributed by atoms with Crippen LogP contribution in [0.1, 0.15) is 16.8 Å². The van der Waals surface area contributed by atoms with Crippen molar-refractivity contribution in [2.75, 3.05) is 24.5 Å². The largest absolute Gasteiger partial charge is 0.371 e. The fourth-order valence-electron chi connectivity index (χ4n) is 3.63. The van der Waals surface area contributed by atoms with E-state index in [4.69, 9.17) is 0 Å². The summed E-state index contributed by atoms with van der Waals surface area (Å²) in [4.78, 5) is 15.0. The molecule has 3 nitrogen and oxygen atoms in total. The summed E-state index contributed by atoms with van der Waals surface area (Å²) in [5.41, 5.74) is 2.03. The van der Waals surface area contributed by atoms with Crippen LogP contribution in [0.4, 0.5) is 5.69 Å². The third-order valence-electron chi connectivity index (χ3n) is 4.99. The minimum atomic E-state index is 0.0231. The van der Waals surface area contributed by atoms with E-state index in [2.05, 4.69) is 34.5 Å². The molecule has 0 aromatic heterocycles. The van der Waals surface area contributed by atoms with Gasteiger partial charge in [0.05, 0.1) is 0 Å². The van der Waals surface area contributed by atoms with Gasteiger partial charge >= 0.3 is 0 Å². The van der Waals surface area contributed by atoms with Gasteiger partial charge in [-0.2, -0.15) is 0 Å². The Kier molecular flexibility index (Phi) is 4.38. The second-order valence-electron chi connectivity index (χ2n) is 6.67. The maximum atomic E-state index is 12.6. The highest BCUT2D eigenvalue weighted by molar-refractivity contribution is 6.06. The highest BCUT2D eigenvalue weighted by Gasteiger charge is 2.23. The molecule has 1 N–H and O–H groups in total. The zero-order valence-corrected chi connectivity index (χ0v) is 14.2. The van der Waals surface area contributed by atoms with Crippen molar-refractivity contribution in [2.24, 2.45) is 5.92 Å². The highest BCUT2D eigenvalue weighted by atomic mass is 16.1. The van der Waals surface area contributed by atoms with Gasteiger partial charge in [0.15, 0.2) is 0 Å². The Morgan fingerprint density at radius 2 is 1.72 bits per heavy atom. The summed E-state index contributed by atoms with van der Waals surface area (Å²) < 4.78 is 0. The van der Waals surface area contributed by atoms with E-state index in [0.717, 1.165) is 42.4 Å². The van der Waals surface area contributed by atoms with Crippen molar-refractivity contribution in [1.82, 2.24) is 5.32 Å². The first kappa shape index (κ1) is 15.7. The number of hydrogen-bond donors (Lipinski definition) is 1. The Bertz CT molecular complexity index is 870. The molecule has 0 radical (unpaired) electrons. The number of hydrogen-bond acceptors (Lipinski definition) is 2. The number of anilines is 1. The molecule has 1 saturated heterocycles. The van der Waals surface area contributed by atoms with E-state index in [-0.39, 0.29) is 5.91 Å². The molecular weight excluding hydrogens is 308 g/mol. The van der Waals surface area contributed by atoms with Gasteiger partial charge in [-0.25, -0.2) is 0 Å². The minimum Gasteiger partial charge on any atom is -0.371 e. The summed E-state index contributed by atoms with van der Waals surface area (Å²) in [5, 5.41) is 5.26. The van der Waals surface area contributed by atoms with Crippen LogP contribution in [0.15, 0.2) is 72.8 Å². The summed E-state index contributed by atoms with van der Waals surface area (Å²) in [6, 6.07) is 24.4. The number of carbonyl (C=O) groups excluding carboxylic acids is 1. The molecule has 3 aromatic rings. The number of carbonyl (C=O) groups is 1. The standard InChI is InChI=1S/C22H22N2O/c25-22(21-12-6-8-18-7-4-5-11-20(18)21)23-15-17-13-14-24(16-17)19-9-2-1-3-10-19/h1-12,17H,13-16H2,(H,23,25). The van der Waals surface area contributed by atoms with Gasteiger partial charge in [-0.1, -0.05) is 54.6 Å². The first-order valence-electron chi connectivity index (χ1n) is 8.87. The lowest BCUT2D eigenvalue weighted by Gasteiger charge is -2.18. The average molecular weight is 330 g/mol. The SMILES string of the molecule is O=C(NCC1CCN(c2ccccc2)C1)c1cccc2ccccc12. The Morgan fingerprint density at radius 3 is 2.60 bits per heavy atom. The van der Waals surface area contributed by atoms with Gasteiger partial charge in [0.25, 0.3) is 5.91 Å². The quantitative estimate of drug-likeness (QED) is 0.781. The van der Waals surface area contributed by atoms with E-state index in [1.165, 1.54) is 5.69 Å². The molecule has 126 valence electrons. The molecule has 0 saturated carbocycles. The van der Waals surface area contributed by atoms with Gasteiger partial charge in [0.2, 0.25) is 0 Å². The van der Waals surface area contributed by atoms with E-state index >= 15 is 0 Å². The number of rotatable bonds is 4. The topological polar surface area (TPSA) is 32.3 Å². The van der Waals surface area contributed by atoms with Gasteiger partial charge in [-0.05, 0) is 41.3 Å². The molecule has 1 aliphatic rings. The molecule has 3 aromatic carbocycles. The Labute approximate surface area is 148 Å². The molecule has 1 aliphatic heterocycles. The zero-order valence-electron chi connectivity index (χ0n) is 14.2. The van der Waals surface area contributed by atoms with E-state index < -0.39 is 0 Å². The van der Waals surface area contributed by atoms with Gasteiger partial charge in [-0.15, -0.1) is 0 Å². The van der Waals surface area contributed by atoms with Gasteiger partial charge in [0, 0.05) is 30.9 Å². The predicted octanol–water partition coefficient (Wildman–Crippen LogP) is 4.10. The second-order valence-corrected chi connectivity index (χ2v) is 6.67. The van der Waals surface area contributed by atoms with Crippen LogP contribution in [0, 0.1) is 5.92 Å². The van der Waals surface area contributed by atoms with Crippen LogP contribution in [0.5, 0.6) is 0 Å². The van der Waals surface area contributed by atoms with E-state index in [9.17, 15) is 4.79 Å². The lowest BCUT2D eigenvalue weighted by molar-refractivity contribution is 0.0950. The molecule has 0 bridgehead atoms. The van der Waals surface area contributed by atoms with Gasteiger partial charge < -0.3 is 10.2 Å². The zero-order chi connectivity index (χ0) is 17.1. The van der Waals surface area contributed by atoms with Crippen molar-refractivity contribution in [3.63, 3.8) is 0 Å². The molecule has 1 heterocycles. The van der Waals surface area contributed by atoms with Crippen molar-refractivity contribution in [3.05, 3.63) is 78.4 Å². The fraction of sp³-hybridized carbons (Fsp3) is 0.227. The van der Waals surface area contributed by atoms with E-state index in [0.29, 0.717) is 5.92 Å². The van der Waals surface area contributed by atoms with Crippen LogP contribution in [0.2, 0.25) is 0 Å². The average Bonchev–Trinajstić information content (AvgIpc) is 3.15. The Hall–Kier alpha value is -2.81. The molecule has 25 heavy (non-hydrogen) atoms. The monoisotopic (exact) mass is 330 g/mol. The lowest BCUT2D eigenvalue weighted by Crippen LogP contribution is -2.31. The second kappa shape index (κ2) is 6.98. The Balaban J connectivity index is 1.39. The highest BCUT2D eigenvalue weighted by Crippen LogP contribution is 2.23. The van der Waals surface area contributed by atoms with Crippen LogP contribution in [0.25, 0.3) is 10.8 Å². The molecule has 0 aliphatic carbocycles. The number of benzene rings is 3. The van der Waals surface area contributed by atoms with Gasteiger partial charge in [0.1, 0.15) is 0 Å². The summed E-state index contributed by atoms with van der Waals surface area (Å²) in [7, 11) is 0. The predicted molar refractivity (Wildman–Crippen MR) is 103 cm³/mol. The molecule has 0 spiro atoms. The molecule has 3 heteroatoms. The molecular formula is C22H22N2O. The number of amides is 1. The summed E-state index contributed by atoms with van der Waals surface area (Å²) in [6.07, 6.45) is 1.12. The van der Waals surface area contributed by atoms with Crippen molar-refractivity contribution in [2.45, 2.75) is 6.42 Å². The lowest BCUT2D eigenvalue weighted by atomic mass is 10.0. The summed E-state index contributed by atoms with van der Waals surface area (Å²) in [5.74, 6) is 0.522. The van der Waals surface area contributed by atoms with Crippen LogP contribution >= 0.6 is 0 Å². The van der Waals surface area contributed by atoms with Gasteiger partial charge in [-0.3, -0.25) is 4.79 Å². The van der Waals surface area contributed by atoms with Crippen LogP contribution < -0.4 is 10.2 Å². The number of nitrogens with zero attached hydrogens (tertiary/aromatic N) is 1. The maximum absolute atomic E-state index is 12.6. The molecule has 1 atom stereocenters. The molecule has 1 amide bonds. The smallest absolute Gasteiger partial charge is 0.251 e. The number of para-hydroxylation sites is 1. The molecule has 1 fully saturated rings. The summed E-state index contributed by atoms with van der Waals surface area (Å²) >= 11 is 0. The molecule has 4 rings (SSSR count). The molecule has 1 unspecified atom stereocenters. The fourth-order valence-corrected chi connectivity index (χ4v) is 3.63. The van der Waals surface area contributed by atoms with Crippen LogP contribution in [-0.2, 0) is 0 Å². The van der Waals surface area contributed by atoms with E-state index in [1.54, 1.807) is 0 Å². The number of fused-ring (bicyclic) bond motifs is 1. The van der Waals surface area contributed by atoms with Crippen LogP contribution in [-0.4, -0.2) is 25.5 Å². The first-order valence-corrected chi connectivity index (χ1v) is 8.87. The van der Waals surface area contributed by atoms with Crippen molar-refractivity contribution in [1.29, 1.82) is 0 Å². The normalized spacial score (nSPS) is 17.0. The minimum absolute atomic E-state index is 0.0231. The number of nitrogens with one attached hydrogen (secondary N) is 1. The maximum Gasteiger partial charge on any atom is 0.251 e. The van der Waals surface area contributed by atoms with Crippen molar-refractivity contribution < 1.29 is 4.79 Å². The third kappa shape index (κ3) is 3.36. The van der Waals surface area contributed by atoms with Crippen molar-refractivity contribution >= 4 is 22.4 Å². The first-order chi connectivity index (χ1) is 12.3. The Morgan fingerprint density at radius 1 is 0.960 bits per heavy atom. The van der Waals surface area contributed by atoms with Crippen molar-refractivity contribution in [3.8, 4) is 0 Å². The van der Waals surface area contributed by atoms with E-state index in [1.807, 2.05) is 48.5 Å². The van der Waals surface area contributed by atoms with Crippen LogP contribution in [0.3, 0.4) is 0 Å². The third-order valence-corrected chi connectivity index (χ3v) is 4.99. The summed E-state index contributed by atoms with van der Waals surface area (Å²) in [6.45, 7) is 2.78.